The van der Waals surface area contributed by atoms with Crippen LogP contribution in [-0.4, -0.2) is 27.8 Å². The van der Waals surface area contributed by atoms with E-state index in [1.54, 1.807) is 29.1 Å². The molecule has 1 aromatic carbocycles. The molecule has 2 heterocycles. The average Bonchev–Trinajstić information content (AvgIpc) is 3.06. The zero-order valence-corrected chi connectivity index (χ0v) is 14.6. The lowest BCUT2D eigenvalue weighted by atomic mass is 10.1. The van der Waals surface area contributed by atoms with Crippen LogP contribution in [-0.2, 0) is 11.2 Å². The molecular weight excluding hydrogens is 340 g/mol. The monoisotopic (exact) mass is 356 g/mol. The molecule has 0 unspecified atom stereocenters. The first-order chi connectivity index (χ1) is 12.1. The van der Waals surface area contributed by atoms with Gasteiger partial charge in [0, 0.05) is 17.3 Å². The first-order valence-electron chi connectivity index (χ1n) is 7.77. The number of hydrogen-bond acceptors (Lipinski definition) is 5. The second kappa shape index (κ2) is 7.36. The van der Waals surface area contributed by atoms with Crippen molar-refractivity contribution in [3.63, 3.8) is 0 Å². The van der Waals surface area contributed by atoms with E-state index in [9.17, 15) is 4.79 Å². The van der Waals surface area contributed by atoms with Crippen LogP contribution in [0, 0.1) is 0 Å². The molecule has 7 heteroatoms. The van der Waals surface area contributed by atoms with Crippen molar-refractivity contribution >= 4 is 29.1 Å². The molecule has 0 amide bonds. The van der Waals surface area contributed by atoms with Gasteiger partial charge in [-0.05, 0) is 36.8 Å². The number of pyridine rings is 1. The van der Waals surface area contributed by atoms with Gasteiger partial charge in [0.1, 0.15) is 5.82 Å². The number of carbonyl (C=O) groups is 1. The Bertz CT molecular complexity index is 893. The fourth-order valence-electron chi connectivity index (χ4n) is 2.39. The summed E-state index contributed by atoms with van der Waals surface area (Å²) in [6, 6.07) is 12.5. The van der Waals surface area contributed by atoms with Gasteiger partial charge >= 0.3 is 5.97 Å². The van der Waals surface area contributed by atoms with Crippen LogP contribution in [0.25, 0.3) is 5.82 Å². The predicted octanol–water partition coefficient (Wildman–Crippen LogP) is 4.01. The predicted molar refractivity (Wildman–Crippen MR) is 96.8 cm³/mol. The third-order valence-corrected chi connectivity index (χ3v) is 3.87. The second-order valence-electron chi connectivity index (χ2n) is 5.28. The minimum Gasteiger partial charge on any atom is -0.465 e. The Morgan fingerprint density at radius 2 is 2.12 bits per heavy atom. The molecule has 25 heavy (non-hydrogen) atoms. The van der Waals surface area contributed by atoms with E-state index < -0.39 is 5.97 Å². The Morgan fingerprint density at radius 1 is 1.28 bits per heavy atom. The van der Waals surface area contributed by atoms with Crippen LogP contribution < -0.4 is 5.32 Å². The zero-order valence-electron chi connectivity index (χ0n) is 13.9. The fraction of sp³-hybridized carbons (Fsp3) is 0.167. The molecule has 0 aliphatic rings. The van der Waals surface area contributed by atoms with Gasteiger partial charge in [-0.1, -0.05) is 24.6 Å². The van der Waals surface area contributed by atoms with E-state index in [-0.39, 0.29) is 0 Å². The molecule has 0 saturated heterocycles. The second-order valence-corrected chi connectivity index (χ2v) is 5.72. The number of aryl methyl sites for hydroxylation is 1. The van der Waals surface area contributed by atoms with Gasteiger partial charge in [-0.2, -0.15) is 9.78 Å². The van der Waals surface area contributed by atoms with Crippen LogP contribution >= 0.6 is 11.6 Å². The highest BCUT2D eigenvalue weighted by molar-refractivity contribution is 6.31. The molecule has 0 saturated carbocycles. The number of hydrogen-bond donors (Lipinski definition) is 1. The summed E-state index contributed by atoms with van der Waals surface area (Å²) in [5.74, 6) is 0.908. The summed E-state index contributed by atoms with van der Waals surface area (Å²) in [4.78, 5) is 16.4. The van der Waals surface area contributed by atoms with Crippen LogP contribution in [0.5, 0.6) is 0 Å². The lowest BCUT2D eigenvalue weighted by molar-refractivity contribution is 0.0602. The minimum atomic E-state index is -0.468. The molecular formula is C18H17ClN4O2. The van der Waals surface area contributed by atoms with Crippen molar-refractivity contribution in [2.24, 2.45) is 0 Å². The van der Waals surface area contributed by atoms with E-state index in [1.807, 2.05) is 31.2 Å². The summed E-state index contributed by atoms with van der Waals surface area (Å²) in [7, 11) is 1.33. The van der Waals surface area contributed by atoms with E-state index >= 15 is 0 Å². The van der Waals surface area contributed by atoms with Crippen molar-refractivity contribution in [1.82, 2.24) is 14.8 Å². The summed E-state index contributed by atoms with van der Waals surface area (Å²) in [5.41, 5.74) is 1.83. The summed E-state index contributed by atoms with van der Waals surface area (Å²) in [5, 5.41) is 8.25. The number of aromatic nitrogens is 3. The standard InChI is InChI=1S/C18H17ClN4O2/c1-3-13-11-17(23(22-13)16-6-4-5-9-20-16)21-15-8-7-12(19)10-14(15)18(24)25-2/h4-11,21H,3H2,1-2H3. The van der Waals surface area contributed by atoms with E-state index in [0.29, 0.717) is 27.9 Å². The molecule has 6 nitrogen and oxygen atoms in total. The molecule has 1 N–H and O–H groups in total. The van der Waals surface area contributed by atoms with E-state index in [1.165, 1.54) is 7.11 Å². The maximum Gasteiger partial charge on any atom is 0.340 e. The molecule has 0 radical (unpaired) electrons. The van der Waals surface area contributed by atoms with Crippen molar-refractivity contribution in [2.45, 2.75) is 13.3 Å². The number of benzene rings is 1. The number of methoxy groups -OCH3 is 1. The highest BCUT2D eigenvalue weighted by Crippen LogP contribution is 2.26. The fourth-order valence-corrected chi connectivity index (χ4v) is 2.56. The Kier molecular flexibility index (Phi) is 5.00. The molecule has 3 rings (SSSR count). The Morgan fingerprint density at radius 3 is 2.80 bits per heavy atom. The SMILES string of the molecule is CCc1cc(Nc2ccc(Cl)cc2C(=O)OC)n(-c2ccccn2)n1. The van der Waals surface area contributed by atoms with Gasteiger partial charge in [0.25, 0.3) is 0 Å². The average molecular weight is 357 g/mol. The number of ether oxygens (including phenoxy) is 1. The maximum atomic E-state index is 12.0. The smallest absolute Gasteiger partial charge is 0.340 e. The number of rotatable bonds is 5. The highest BCUT2D eigenvalue weighted by atomic mass is 35.5. The molecule has 0 bridgehead atoms. The van der Waals surface area contributed by atoms with Crippen LogP contribution in [0.3, 0.4) is 0 Å². The first-order valence-corrected chi connectivity index (χ1v) is 8.15. The van der Waals surface area contributed by atoms with Crippen LogP contribution in [0.1, 0.15) is 23.0 Å². The Balaban J connectivity index is 2.04. The molecule has 0 fully saturated rings. The highest BCUT2D eigenvalue weighted by Gasteiger charge is 2.16. The largest absolute Gasteiger partial charge is 0.465 e. The molecule has 0 atom stereocenters. The number of esters is 1. The van der Waals surface area contributed by atoms with E-state index in [0.717, 1.165) is 12.1 Å². The zero-order chi connectivity index (χ0) is 17.8. The normalized spacial score (nSPS) is 10.5. The third kappa shape index (κ3) is 3.64. The number of nitrogens with one attached hydrogen (secondary N) is 1. The third-order valence-electron chi connectivity index (χ3n) is 3.64. The van der Waals surface area contributed by atoms with E-state index in [2.05, 4.69) is 15.4 Å². The van der Waals surface area contributed by atoms with Crippen LogP contribution in [0.2, 0.25) is 5.02 Å². The molecule has 3 aromatic rings. The van der Waals surface area contributed by atoms with Gasteiger partial charge in [0.2, 0.25) is 0 Å². The summed E-state index contributed by atoms with van der Waals surface area (Å²) in [6.45, 7) is 2.02. The van der Waals surface area contributed by atoms with E-state index in [4.69, 9.17) is 16.3 Å². The summed E-state index contributed by atoms with van der Waals surface area (Å²) >= 11 is 6.01. The van der Waals surface area contributed by atoms with Crippen LogP contribution in [0.4, 0.5) is 11.5 Å². The van der Waals surface area contributed by atoms with Crippen molar-refractivity contribution in [3.05, 3.63) is 64.9 Å². The minimum absolute atomic E-state index is 0.349. The first kappa shape index (κ1) is 17.0. The topological polar surface area (TPSA) is 69.0 Å². The van der Waals surface area contributed by atoms with Gasteiger partial charge in [0.05, 0.1) is 24.1 Å². The summed E-state index contributed by atoms with van der Waals surface area (Å²) in [6.07, 6.45) is 2.48. The van der Waals surface area contributed by atoms with Crippen molar-refractivity contribution in [1.29, 1.82) is 0 Å². The molecule has 0 aliphatic carbocycles. The van der Waals surface area contributed by atoms with Gasteiger partial charge in [-0.25, -0.2) is 9.78 Å². The number of halogens is 1. The molecule has 128 valence electrons. The number of nitrogens with zero attached hydrogens (tertiary/aromatic N) is 3. The van der Waals surface area contributed by atoms with Crippen molar-refractivity contribution in [3.8, 4) is 5.82 Å². The lowest BCUT2D eigenvalue weighted by Crippen LogP contribution is -2.08. The van der Waals surface area contributed by atoms with Crippen LogP contribution in [0.15, 0.2) is 48.7 Å². The molecule has 0 aliphatic heterocycles. The van der Waals surface area contributed by atoms with Crippen molar-refractivity contribution < 1.29 is 9.53 Å². The summed E-state index contributed by atoms with van der Waals surface area (Å²) < 4.78 is 6.54. The molecule has 0 spiro atoms. The van der Waals surface area contributed by atoms with Gasteiger partial charge in [0.15, 0.2) is 5.82 Å². The van der Waals surface area contributed by atoms with Gasteiger partial charge in [-0.3, -0.25) is 0 Å². The van der Waals surface area contributed by atoms with Gasteiger partial charge < -0.3 is 10.1 Å². The maximum absolute atomic E-state index is 12.0. The Labute approximate surface area is 150 Å². The Hall–Kier alpha value is -2.86. The number of carbonyl (C=O) groups excluding carboxylic acids is 1. The molecule has 2 aromatic heterocycles. The number of anilines is 2. The quantitative estimate of drug-likeness (QED) is 0.699. The van der Waals surface area contributed by atoms with Crippen molar-refractivity contribution in [2.75, 3.05) is 12.4 Å². The van der Waals surface area contributed by atoms with Gasteiger partial charge in [-0.15, -0.1) is 0 Å². The lowest BCUT2D eigenvalue weighted by Gasteiger charge is -2.12.